The second-order valence-corrected chi connectivity index (χ2v) is 11.8. The number of cyclic esters (lactones) is 1. The highest BCUT2D eigenvalue weighted by Crippen LogP contribution is 2.41. The molecule has 1 aliphatic heterocycles. The van der Waals surface area contributed by atoms with Crippen LogP contribution in [0.5, 0.6) is 0 Å². The molecule has 210 valence electrons. The third-order valence-electron chi connectivity index (χ3n) is 7.82. The van der Waals surface area contributed by atoms with Gasteiger partial charge in [0, 0.05) is 25.2 Å². The lowest BCUT2D eigenvalue weighted by Crippen LogP contribution is -2.36. The van der Waals surface area contributed by atoms with Crippen molar-refractivity contribution < 1.29 is 14.3 Å². The van der Waals surface area contributed by atoms with Gasteiger partial charge in [0.1, 0.15) is 12.6 Å². The summed E-state index contributed by atoms with van der Waals surface area (Å²) < 4.78 is 5.35. The third-order valence-corrected chi connectivity index (χ3v) is 7.82. The van der Waals surface area contributed by atoms with Gasteiger partial charge in [0.2, 0.25) is 5.91 Å². The van der Waals surface area contributed by atoms with Gasteiger partial charge >= 0.3 is 6.09 Å². The van der Waals surface area contributed by atoms with E-state index < -0.39 is 12.1 Å². The van der Waals surface area contributed by atoms with Gasteiger partial charge in [-0.2, -0.15) is 0 Å². The maximum atomic E-state index is 13.8. The zero-order valence-corrected chi connectivity index (χ0v) is 24.1. The van der Waals surface area contributed by atoms with Crippen LogP contribution in [0.25, 0.3) is 0 Å². The second kappa shape index (κ2) is 12.4. The fourth-order valence-corrected chi connectivity index (χ4v) is 5.60. The van der Waals surface area contributed by atoms with Crippen molar-refractivity contribution in [1.29, 1.82) is 0 Å². The molecule has 41 heavy (non-hydrogen) atoms. The number of nitrogens with zero attached hydrogens (tertiary/aromatic N) is 2. The Hall–Kier alpha value is -4.38. The largest absolute Gasteiger partial charge is 0.446 e. The van der Waals surface area contributed by atoms with Crippen molar-refractivity contribution in [3.63, 3.8) is 0 Å². The first-order valence-corrected chi connectivity index (χ1v) is 14.3. The van der Waals surface area contributed by atoms with Gasteiger partial charge in [0.15, 0.2) is 0 Å². The minimum absolute atomic E-state index is 0.102. The Morgan fingerprint density at radius 2 is 1.39 bits per heavy atom. The molecule has 5 rings (SSSR count). The van der Waals surface area contributed by atoms with Gasteiger partial charge in [-0.3, -0.25) is 4.79 Å². The Balaban J connectivity index is 1.43. The van der Waals surface area contributed by atoms with Crippen molar-refractivity contribution in [2.45, 2.75) is 52.2 Å². The summed E-state index contributed by atoms with van der Waals surface area (Å²) >= 11 is 0. The van der Waals surface area contributed by atoms with E-state index in [1.54, 1.807) is 0 Å². The average molecular weight is 547 g/mol. The van der Waals surface area contributed by atoms with Crippen molar-refractivity contribution in [2.75, 3.05) is 11.5 Å². The maximum Gasteiger partial charge on any atom is 0.417 e. The van der Waals surface area contributed by atoms with E-state index in [0.29, 0.717) is 0 Å². The molecule has 0 radical (unpaired) electrons. The van der Waals surface area contributed by atoms with Gasteiger partial charge in [-0.1, -0.05) is 124 Å². The van der Waals surface area contributed by atoms with E-state index in [1.807, 2.05) is 42.5 Å². The zero-order chi connectivity index (χ0) is 28.8. The number of carbonyl (C=O) groups is 2. The summed E-state index contributed by atoms with van der Waals surface area (Å²) in [6, 6.07) is 38.7. The van der Waals surface area contributed by atoms with Crippen LogP contribution < -0.4 is 4.90 Å². The summed E-state index contributed by atoms with van der Waals surface area (Å²) in [5, 5.41) is 0. The normalized spacial score (nSPS) is 15.8. The number of rotatable bonds is 9. The Morgan fingerprint density at radius 1 is 0.829 bits per heavy atom. The Bertz CT molecular complexity index is 1410. The van der Waals surface area contributed by atoms with Crippen molar-refractivity contribution in [1.82, 2.24) is 4.90 Å². The molecular formula is C36H38N2O3. The molecule has 5 heteroatoms. The Morgan fingerprint density at radius 3 is 1.95 bits per heavy atom. The van der Waals surface area contributed by atoms with Crippen LogP contribution in [0.3, 0.4) is 0 Å². The number of hydrogen-bond donors (Lipinski definition) is 0. The van der Waals surface area contributed by atoms with Crippen LogP contribution in [0.4, 0.5) is 10.5 Å². The van der Waals surface area contributed by atoms with Crippen LogP contribution in [0, 0.1) is 5.41 Å². The van der Waals surface area contributed by atoms with Crippen LogP contribution >= 0.6 is 0 Å². The third kappa shape index (κ3) is 6.86. The molecule has 2 atom stereocenters. The van der Waals surface area contributed by atoms with Gasteiger partial charge in [0.05, 0.1) is 0 Å². The van der Waals surface area contributed by atoms with Gasteiger partial charge in [0.25, 0.3) is 0 Å². The number of benzene rings is 4. The van der Waals surface area contributed by atoms with E-state index in [2.05, 4.69) is 98.5 Å². The molecule has 1 aliphatic rings. The van der Waals surface area contributed by atoms with Crippen LogP contribution in [0.2, 0.25) is 0 Å². The number of hydrogen-bond acceptors (Lipinski definition) is 4. The lowest BCUT2D eigenvalue weighted by Gasteiger charge is -2.33. The highest BCUT2D eigenvalue weighted by atomic mass is 16.6. The van der Waals surface area contributed by atoms with Crippen LogP contribution in [0.15, 0.2) is 115 Å². The van der Waals surface area contributed by atoms with Crippen molar-refractivity contribution in [3.05, 3.63) is 138 Å². The molecule has 1 fully saturated rings. The van der Waals surface area contributed by atoms with Crippen LogP contribution in [0.1, 0.15) is 61.4 Å². The predicted octanol–water partition coefficient (Wildman–Crippen LogP) is 8.13. The lowest BCUT2D eigenvalue weighted by atomic mass is 9.74. The number of anilines is 1. The summed E-state index contributed by atoms with van der Waals surface area (Å²) in [6.45, 7) is 8.16. The van der Waals surface area contributed by atoms with E-state index in [-0.39, 0.29) is 30.3 Å². The summed E-state index contributed by atoms with van der Waals surface area (Å²) in [6.07, 6.45) is -0.356. The molecule has 0 unspecified atom stereocenters. The van der Waals surface area contributed by atoms with Gasteiger partial charge < -0.3 is 9.64 Å². The molecule has 0 aromatic heterocycles. The molecule has 0 spiro atoms. The fourth-order valence-electron chi connectivity index (χ4n) is 5.60. The molecule has 1 heterocycles. The molecule has 0 saturated carbocycles. The highest BCUT2D eigenvalue weighted by Gasteiger charge is 2.41. The molecule has 1 saturated heterocycles. The lowest BCUT2D eigenvalue weighted by molar-refractivity contribution is -0.130. The molecule has 2 amide bonds. The zero-order valence-electron chi connectivity index (χ0n) is 24.1. The van der Waals surface area contributed by atoms with Crippen molar-refractivity contribution in [3.8, 4) is 0 Å². The number of amides is 2. The maximum absolute atomic E-state index is 13.8. The second-order valence-electron chi connectivity index (χ2n) is 11.8. The quantitative estimate of drug-likeness (QED) is 0.213. The molecule has 0 aliphatic carbocycles. The van der Waals surface area contributed by atoms with Gasteiger partial charge in [-0.15, -0.1) is 0 Å². The van der Waals surface area contributed by atoms with Crippen molar-refractivity contribution in [2.24, 2.45) is 5.41 Å². The van der Waals surface area contributed by atoms with Crippen LogP contribution in [-0.4, -0.2) is 23.5 Å². The van der Waals surface area contributed by atoms with E-state index in [9.17, 15) is 9.59 Å². The van der Waals surface area contributed by atoms with E-state index >= 15 is 0 Å². The first kappa shape index (κ1) is 28.2. The highest BCUT2D eigenvalue weighted by molar-refractivity contribution is 5.94. The number of ether oxygens (including phenoxy) is 1. The van der Waals surface area contributed by atoms with Crippen molar-refractivity contribution >= 4 is 17.7 Å². The molecule has 0 N–H and O–H groups in total. The summed E-state index contributed by atoms with van der Waals surface area (Å²) in [5.74, 6) is -0.313. The van der Waals surface area contributed by atoms with Gasteiger partial charge in [-0.05, 0) is 45.7 Å². The molecule has 4 aromatic rings. The van der Waals surface area contributed by atoms with E-state index in [4.69, 9.17) is 4.74 Å². The monoisotopic (exact) mass is 546 g/mol. The fraction of sp³-hybridized carbons (Fsp3) is 0.278. The number of imide groups is 1. The molecule has 0 bridgehead atoms. The van der Waals surface area contributed by atoms with E-state index in [1.165, 1.54) is 16.0 Å². The topological polar surface area (TPSA) is 49.9 Å². The first-order chi connectivity index (χ1) is 19.8. The first-order valence-electron chi connectivity index (χ1n) is 14.3. The average Bonchev–Trinajstić information content (AvgIpc) is 3.38. The van der Waals surface area contributed by atoms with Crippen LogP contribution in [-0.2, 0) is 22.6 Å². The minimum atomic E-state index is -0.567. The summed E-state index contributed by atoms with van der Waals surface area (Å²) in [5.41, 5.74) is 5.33. The predicted molar refractivity (Wildman–Crippen MR) is 163 cm³/mol. The standard InChI is InChI=1S/C36H38N2O3/c1-36(2,3)32(23-34(39)38-33(26-41-35(38)40)29-18-11-6-12-19-29)30-20-13-21-31(22-30)37(24-27-14-7-4-8-15-27)25-28-16-9-5-10-17-28/h4-22,32-33H,23-26H2,1-3H3/t32-,33-/m0/s1. The summed E-state index contributed by atoms with van der Waals surface area (Å²) in [4.78, 5) is 30.2. The number of carbonyl (C=O) groups excluding carboxylic acids is 2. The summed E-state index contributed by atoms with van der Waals surface area (Å²) in [7, 11) is 0. The van der Waals surface area contributed by atoms with Gasteiger partial charge in [-0.25, -0.2) is 9.69 Å². The smallest absolute Gasteiger partial charge is 0.417 e. The molecule has 5 nitrogen and oxygen atoms in total. The molecule has 4 aromatic carbocycles. The minimum Gasteiger partial charge on any atom is -0.446 e. The Kier molecular flexibility index (Phi) is 8.53. The SMILES string of the molecule is CC(C)(C)[C@@H](CC(=O)N1C(=O)OC[C@H]1c1ccccc1)c1cccc(N(Cc2ccccc2)Cc2ccccc2)c1. The van der Waals surface area contributed by atoms with E-state index in [0.717, 1.165) is 29.9 Å². The Labute approximate surface area is 243 Å². The molecular weight excluding hydrogens is 508 g/mol.